The number of likely N-dealkylation sites (tertiary alicyclic amines) is 1. The molecule has 0 radical (unpaired) electrons. The Labute approximate surface area is 105 Å². The van der Waals surface area contributed by atoms with Gasteiger partial charge in [-0.05, 0) is 52.1 Å². The van der Waals surface area contributed by atoms with E-state index >= 15 is 0 Å². The summed E-state index contributed by atoms with van der Waals surface area (Å²) in [5, 5.41) is 9.19. The number of methoxy groups -OCH3 is 1. The first-order valence-corrected chi connectivity index (χ1v) is 6.61. The number of aliphatic hydroxyl groups is 1. The fourth-order valence-corrected chi connectivity index (χ4v) is 2.66. The first-order chi connectivity index (χ1) is 7.98. The lowest BCUT2D eigenvalue weighted by Gasteiger charge is -2.38. The van der Waals surface area contributed by atoms with Crippen molar-refractivity contribution in [1.29, 1.82) is 0 Å². The van der Waals surface area contributed by atoms with E-state index in [4.69, 9.17) is 10.5 Å². The molecule has 0 aromatic rings. The van der Waals surface area contributed by atoms with Gasteiger partial charge < -0.3 is 20.5 Å². The maximum atomic E-state index is 9.19. The molecule has 1 fully saturated rings. The molecule has 1 aliphatic heterocycles. The summed E-state index contributed by atoms with van der Waals surface area (Å²) in [6.07, 6.45) is 3.26. The molecule has 2 atom stereocenters. The van der Waals surface area contributed by atoms with E-state index in [0.29, 0.717) is 12.0 Å². The van der Waals surface area contributed by atoms with Gasteiger partial charge in [-0.25, -0.2) is 0 Å². The fraction of sp³-hybridized carbons (Fsp3) is 1.00. The van der Waals surface area contributed by atoms with E-state index in [-0.39, 0.29) is 6.61 Å². The van der Waals surface area contributed by atoms with Crippen molar-refractivity contribution in [3.05, 3.63) is 0 Å². The van der Waals surface area contributed by atoms with Gasteiger partial charge in [-0.3, -0.25) is 0 Å². The summed E-state index contributed by atoms with van der Waals surface area (Å²) < 4.78 is 5.20. The largest absolute Gasteiger partial charge is 0.394 e. The minimum Gasteiger partial charge on any atom is -0.394 e. The van der Waals surface area contributed by atoms with Crippen LogP contribution in [0.25, 0.3) is 0 Å². The van der Waals surface area contributed by atoms with E-state index < -0.39 is 5.54 Å². The molecule has 1 aliphatic rings. The number of ether oxygens (including phenoxy) is 1. The van der Waals surface area contributed by atoms with Gasteiger partial charge in [0.1, 0.15) is 0 Å². The molecular weight excluding hydrogens is 216 g/mol. The smallest absolute Gasteiger partial charge is 0.0609 e. The average molecular weight is 244 g/mol. The van der Waals surface area contributed by atoms with Crippen molar-refractivity contribution in [2.45, 2.75) is 44.7 Å². The Bertz CT molecular complexity index is 213. The van der Waals surface area contributed by atoms with Gasteiger partial charge in [-0.2, -0.15) is 0 Å². The monoisotopic (exact) mass is 244 g/mol. The van der Waals surface area contributed by atoms with Crippen LogP contribution in [0.4, 0.5) is 0 Å². The number of hydrogen-bond donors (Lipinski definition) is 2. The average Bonchev–Trinajstić information content (AvgIpc) is 2.30. The van der Waals surface area contributed by atoms with Crippen LogP contribution in [0.2, 0.25) is 0 Å². The first-order valence-electron chi connectivity index (χ1n) is 6.61. The molecule has 4 nitrogen and oxygen atoms in total. The molecule has 1 saturated heterocycles. The highest BCUT2D eigenvalue weighted by molar-refractivity contribution is 4.85. The molecule has 0 aliphatic carbocycles. The molecular formula is C13H28N2O2. The van der Waals surface area contributed by atoms with Gasteiger partial charge in [0, 0.05) is 25.3 Å². The zero-order chi connectivity index (χ0) is 12.9. The molecule has 102 valence electrons. The maximum Gasteiger partial charge on any atom is 0.0609 e. The Morgan fingerprint density at radius 3 is 2.53 bits per heavy atom. The van der Waals surface area contributed by atoms with Crippen LogP contribution >= 0.6 is 0 Å². The van der Waals surface area contributed by atoms with E-state index in [1.54, 1.807) is 7.11 Å². The van der Waals surface area contributed by atoms with Gasteiger partial charge in [-0.1, -0.05) is 0 Å². The second-order valence-corrected chi connectivity index (χ2v) is 5.80. The number of nitrogens with zero attached hydrogens (tertiary/aromatic N) is 1. The Balaban J connectivity index is 2.33. The summed E-state index contributed by atoms with van der Waals surface area (Å²) in [4.78, 5) is 2.48. The van der Waals surface area contributed by atoms with Gasteiger partial charge >= 0.3 is 0 Å². The molecule has 1 rings (SSSR count). The Hall–Kier alpha value is -0.160. The lowest BCUT2D eigenvalue weighted by atomic mass is 9.92. The number of piperidine rings is 1. The van der Waals surface area contributed by atoms with Crippen LogP contribution in [0.5, 0.6) is 0 Å². The highest BCUT2D eigenvalue weighted by atomic mass is 16.5. The molecule has 4 heteroatoms. The Kier molecular flexibility index (Phi) is 5.86. The van der Waals surface area contributed by atoms with Crippen molar-refractivity contribution in [3.8, 4) is 0 Å². The van der Waals surface area contributed by atoms with Crippen LogP contribution in [0.15, 0.2) is 0 Å². The van der Waals surface area contributed by atoms with Gasteiger partial charge in [-0.15, -0.1) is 0 Å². The standard InChI is InChI=1S/C13H28N2O2/c1-11(8-13(2,14)10-16)15-6-4-12(5-7-15)9-17-3/h11-12,16H,4-10,14H2,1-3H3. The summed E-state index contributed by atoms with van der Waals surface area (Å²) in [6.45, 7) is 7.30. The van der Waals surface area contributed by atoms with Crippen LogP contribution in [-0.2, 0) is 4.74 Å². The van der Waals surface area contributed by atoms with Crippen LogP contribution in [0.3, 0.4) is 0 Å². The van der Waals surface area contributed by atoms with E-state index in [1.165, 1.54) is 12.8 Å². The van der Waals surface area contributed by atoms with Crippen molar-refractivity contribution >= 4 is 0 Å². The molecule has 0 bridgehead atoms. The SMILES string of the molecule is COCC1CCN(C(C)CC(C)(N)CO)CC1. The highest BCUT2D eigenvalue weighted by Gasteiger charge is 2.27. The molecule has 17 heavy (non-hydrogen) atoms. The van der Waals surface area contributed by atoms with Crippen LogP contribution in [0.1, 0.15) is 33.1 Å². The number of aliphatic hydroxyl groups excluding tert-OH is 1. The van der Waals surface area contributed by atoms with Crippen LogP contribution < -0.4 is 5.73 Å². The summed E-state index contributed by atoms with van der Waals surface area (Å²) in [5.41, 5.74) is 5.55. The van der Waals surface area contributed by atoms with E-state index in [0.717, 1.165) is 26.1 Å². The molecule has 0 aromatic carbocycles. The summed E-state index contributed by atoms with van der Waals surface area (Å²) in [6, 6.07) is 0.445. The summed E-state index contributed by atoms with van der Waals surface area (Å²) >= 11 is 0. The second kappa shape index (κ2) is 6.69. The van der Waals surface area contributed by atoms with E-state index in [2.05, 4.69) is 11.8 Å². The predicted molar refractivity (Wildman–Crippen MR) is 69.9 cm³/mol. The van der Waals surface area contributed by atoms with E-state index in [1.807, 2.05) is 6.92 Å². The maximum absolute atomic E-state index is 9.19. The van der Waals surface area contributed by atoms with E-state index in [9.17, 15) is 5.11 Å². The lowest BCUT2D eigenvalue weighted by molar-refractivity contribution is 0.0702. The van der Waals surface area contributed by atoms with Crippen molar-refractivity contribution < 1.29 is 9.84 Å². The zero-order valence-corrected chi connectivity index (χ0v) is 11.5. The minimum absolute atomic E-state index is 0.0531. The zero-order valence-electron chi connectivity index (χ0n) is 11.5. The normalized spacial score (nSPS) is 24.5. The predicted octanol–water partition coefficient (Wildman–Crippen LogP) is 0.833. The summed E-state index contributed by atoms with van der Waals surface area (Å²) in [7, 11) is 1.77. The third-order valence-corrected chi connectivity index (χ3v) is 3.80. The van der Waals surface area contributed by atoms with Crippen molar-refractivity contribution in [3.63, 3.8) is 0 Å². The number of nitrogens with two attached hydrogens (primary N) is 1. The van der Waals surface area contributed by atoms with Gasteiger partial charge in [0.05, 0.1) is 6.61 Å². The minimum atomic E-state index is -0.456. The topological polar surface area (TPSA) is 58.7 Å². The van der Waals surface area contributed by atoms with Crippen LogP contribution in [0, 0.1) is 5.92 Å². The second-order valence-electron chi connectivity index (χ2n) is 5.80. The molecule has 0 amide bonds. The third kappa shape index (κ3) is 4.92. The Morgan fingerprint density at radius 1 is 1.47 bits per heavy atom. The quantitative estimate of drug-likeness (QED) is 0.727. The third-order valence-electron chi connectivity index (χ3n) is 3.80. The molecule has 3 N–H and O–H groups in total. The van der Waals surface area contributed by atoms with Crippen molar-refractivity contribution in [1.82, 2.24) is 4.90 Å². The fourth-order valence-electron chi connectivity index (χ4n) is 2.66. The van der Waals surface area contributed by atoms with Crippen molar-refractivity contribution in [2.75, 3.05) is 33.4 Å². The molecule has 2 unspecified atom stereocenters. The van der Waals surface area contributed by atoms with Gasteiger partial charge in [0.25, 0.3) is 0 Å². The van der Waals surface area contributed by atoms with Crippen LogP contribution in [-0.4, -0.2) is 55.0 Å². The molecule has 0 saturated carbocycles. The molecule has 0 spiro atoms. The number of rotatable bonds is 6. The Morgan fingerprint density at radius 2 is 2.06 bits per heavy atom. The number of hydrogen-bond acceptors (Lipinski definition) is 4. The summed E-state index contributed by atoms with van der Waals surface area (Å²) in [5.74, 6) is 0.713. The highest BCUT2D eigenvalue weighted by Crippen LogP contribution is 2.22. The van der Waals surface area contributed by atoms with Gasteiger partial charge in [0.15, 0.2) is 0 Å². The lowest BCUT2D eigenvalue weighted by Crippen LogP contribution is -2.49. The molecule has 1 heterocycles. The van der Waals surface area contributed by atoms with Gasteiger partial charge in [0.2, 0.25) is 0 Å². The first kappa shape index (κ1) is 14.9. The molecule has 0 aromatic heterocycles. The van der Waals surface area contributed by atoms with Crippen molar-refractivity contribution in [2.24, 2.45) is 11.7 Å².